The van der Waals surface area contributed by atoms with Gasteiger partial charge in [-0.3, -0.25) is 10.1 Å². The molecule has 0 radical (unpaired) electrons. The van der Waals surface area contributed by atoms with Gasteiger partial charge in [0.05, 0.1) is 9.40 Å². The van der Waals surface area contributed by atoms with Gasteiger partial charge in [0.1, 0.15) is 11.6 Å². The molecule has 0 saturated heterocycles. The summed E-state index contributed by atoms with van der Waals surface area (Å²) in [7, 11) is 0. The molecule has 0 spiro atoms. The standard InChI is InChI=1S/C16H11BrFN3O4/c1-9(24-14-7-4-11(18)8-13(14)17)15-19-20-16(25-15)10-2-5-12(6-3-10)21(22)23/h2-9H,1H3/t9-/m0/s1. The Morgan fingerprint density at radius 1 is 1.24 bits per heavy atom. The molecule has 3 rings (SSSR count). The normalized spacial score (nSPS) is 12.0. The van der Waals surface area contributed by atoms with Crippen molar-refractivity contribution in [2.45, 2.75) is 13.0 Å². The van der Waals surface area contributed by atoms with Gasteiger partial charge < -0.3 is 9.15 Å². The Bertz CT molecular complexity index is 914. The van der Waals surface area contributed by atoms with Crippen LogP contribution in [-0.2, 0) is 0 Å². The molecule has 2 aromatic carbocycles. The van der Waals surface area contributed by atoms with E-state index in [1.54, 1.807) is 6.92 Å². The summed E-state index contributed by atoms with van der Waals surface area (Å²) in [6.07, 6.45) is -0.568. The topological polar surface area (TPSA) is 91.3 Å². The lowest BCUT2D eigenvalue weighted by molar-refractivity contribution is -0.384. The number of rotatable bonds is 5. The third-order valence-corrected chi connectivity index (χ3v) is 3.93. The van der Waals surface area contributed by atoms with Crippen molar-refractivity contribution in [2.24, 2.45) is 0 Å². The van der Waals surface area contributed by atoms with Crippen LogP contribution in [0, 0.1) is 15.9 Å². The van der Waals surface area contributed by atoms with Crippen molar-refractivity contribution < 1.29 is 18.5 Å². The first kappa shape index (κ1) is 17.0. The Morgan fingerprint density at radius 2 is 1.96 bits per heavy atom. The number of benzene rings is 2. The predicted octanol–water partition coefficient (Wildman–Crippen LogP) is 4.69. The fourth-order valence-electron chi connectivity index (χ4n) is 2.05. The summed E-state index contributed by atoms with van der Waals surface area (Å²) in [5, 5.41) is 18.5. The van der Waals surface area contributed by atoms with E-state index in [2.05, 4.69) is 26.1 Å². The third kappa shape index (κ3) is 3.82. The van der Waals surface area contributed by atoms with E-state index in [1.807, 2.05) is 0 Å². The lowest BCUT2D eigenvalue weighted by atomic mass is 10.2. The summed E-state index contributed by atoms with van der Waals surface area (Å²) in [6, 6.07) is 9.82. The molecule has 25 heavy (non-hydrogen) atoms. The number of non-ortho nitro benzene ring substituents is 1. The van der Waals surface area contributed by atoms with Crippen molar-refractivity contribution >= 4 is 21.6 Å². The van der Waals surface area contributed by atoms with E-state index in [9.17, 15) is 14.5 Å². The van der Waals surface area contributed by atoms with Crippen LogP contribution in [0.5, 0.6) is 5.75 Å². The van der Waals surface area contributed by atoms with E-state index < -0.39 is 11.0 Å². The zero-order chi connectivity index (χ0) is 18.0. The van der Waals surface area contributed by atoms with Crippen molar-refractivity contribution in [1.82, 2.24) is 10.2 Å². The molecule has 3 aromatic rings. The molecule has 0 aliphatic heterocycles. The number of nitro groups is 1. The number of halogens is 2. The van der Waals surface area contributed by atoms with Crippen molar-refractivity contribution in [3.63, 3.8) is 0 Å². The van der Waals surface area contributed by atoms with Gasteiger partial charge in [-0.15, -0.1) is 10.2 Å². The van der Waals surface area contributed by atoms with Gasteiger partial charge in [0.15, 0.2) is 6.10 Å². The van der Waals surface area contributed by atoms with Gasteiger partial charge in [-0.1, -0.05) is 0 Å². The second-order valence-electron chi connectivity index (χ2n) is 5.08. The van der Waals surface area contributed by atoms with Crippen LogP contribution in [0.15, 0.2) is 51.4 Å². The molecule has 0 N–H and O–H groups in total. The minimum Gasteiger partial charge on any atom is -0.480 e. The average Bonchev–Trinajstić information content (AvgIpc) is 3.07. The smallest absolute Gasteiger partial charge is 0.269 e. The monoisotopic (exact) mass is 407 g/mol. The van der Waals surface area contributed by atoms with E-state index in [1.165, 1.54) is 42.5 Å². The van der Waals surface area contributed by atoms with Crippen molar-refractivity contribution in [1.29, 1.82) is 0 Å². The maximum absolute atomic E-state index is 13.1. The summed E-state index contributed by atoms with van der Waals surface area (Å²) in [5.74, 6) is 0.497. The fourth-order valence-corrected chi connectivity index (χ4v) is 2.50. The average molecular weight is 408 g/mol. The summed E-state index contributed by atoms with van der Waals surface area (Å²) in [5.41, 5.74) is 0.529. The number of nitro benzene ring substituents is 1. The molecule has 1 atom stereocenters. The highest BCUT2D eigenvalue weighted by Gasteiger charge is 2.18. The molecule has 0 saturated carbocycles. The predicted molar refractivity (Wildman–Crippen MR) is 89.5 cm³/mol. The third-order valence-electron chi connectivity index (χ3n) is 3.31. The number of ether oxygens (including phenoxy) is 1. The van der Waals surface area contributed by atoms with Crippen LogP contribution >= 0.6 is 15.9 Å². The molecule has 1 heterocycles. The van der Waals surface area contributed by atoms with Gasteiger partial charge in [-0.2, -0.15) is 0 Å². The fraction of sp³-hybridized carbons (Fsp3) is 0.125. The first-order valence-corrected chi connectivity index (χ1v) is 7.93. The number of hydrogen-bond acceptors (Lipinski definition) is 6. The molecular formula is C16H11BrFN3O4. The SMILES string of the molecule is C[C@H](Oc1ccc(F)cc1Br)c1nnc(-c2ccc([N+](=O)[O-])cc2)o1. The molecule has 7 nitrogen and oxygen atoms in total. The number of hydrogen-bond donors (Lipinski definition) is 0. The van der Waals surface area contributed by atoms with Crippen LogP contribution in [0.1, 0.15) is 18.9 Å². The van der Waals surface area contributed by atoms with Gasteiger partial charge in [-0.25, -0.2) is 4.39 Å². The Hall–Kier alpha value is -2.81. The lowest BCUT2D eigenvalue weighted by Gasteiger charge is -2.12. The van der Waals surface area contributed by atoms with Crippen molar-refractivity contribution in [3.8, 4) is 17.2 Å². The molecule has 0 aliphatic carbocycles. The number of aromatic nitrogens is 2. The van der Waals surface area contributed by atoms with Crippen LogP contribution in [0.2, 0.25) is 0 Å². The quantitative estimate of drug-likeness (QED) is 0.450. The largest absolute Gasteiger partial charge is 0.480 e. The van der Waals surface area contributed by atoms with Gasteiger partial charge in [0.25, 0.3) is 11.6 Å². The maximum atomic E-state index is 13.1. The minimum absolute atomic E-state index is 0.0265. The number of nitrogens with zero attached hydrogens (tertiary/aromatic N) is 3. The van der Waals surface area contributed by atoms with Crippen LogP contribution in [0.25, 0.3) is 11.5 Å². The highest BCUT2D eigenvalue weighted by molar-refractivity contribution is 9.10. The first-order chi connectivity index (χ1) is 11.9. The minimum atomic E-state index is -0.568. The molecule has 0 aliphatic rings. The van der Waals surface area contributed by atoms with Gasteiger partial charge >= 0.3 is 0 Å². The second kappa shape index (κ2) is 6.98. The molecule has 9 heteroatoms. The Kier molecular flexibility index (Phi) is 4.75. The van der Waals surface area contributed by atoms with E-state index in [4.69, 9.17) is 9.15 Å². The molecule has 0 unspecified atom stereocenters. The highest BCUT2D eigenvalue weighted by Crippen LogP contribution is 2.30. The van der Waals surface area contributed by atoms with E-state index >= 15 is 0 Å². The summed E-state index contributed by atoms with van der Waals surface area (Å²) >= 11 is 3.22. The second-order valence-corrected chi connectivity index (χ2v) is 5.94. The summed E-state index contributed by atoms with van der Waals surface area (Å²) < 4.78 is 24.8. The van der Waals surface area contributed by atoms with Crippen LogP contribution in [-0.4, -0.2) is 15.1 Å². The molecule has 0 amide bonds. The molecule has 0 fully saturated rings. The highest BCUT2D eigenvalue weighted by atomic mass is 79.9. The molecule has 0 bridgehead atoms. The summed E-state index contributed by atoms with van der Waals surface area (Å²) in [4.78, 5) is 10.2. The van der Waals surface area contributed by atoms with E-state index in [0.717, 1.165) is 0 Å². The van der Waals surface area contributed by atoms with Crippen LogP contribution in [0.3, 0.4) is 0 Å². The Labute approximate surface area is 149 Å². The van der Waals surface area contributed by atoms with Crippen LogP contribution in [0.4, 0.5) is 10.1 Å². The Balaban J connectivity index is 1.77. The Morgan fingerprint density at radius 3 is 2.60 bits per heavy atom. The molecular weight excluding hydrogens is 397 g/mol. The van der Waals surface area contributed by atoms with E-state index in [-0.39, 0.29) is 23.3 Å². The summed E-state index contributed by atoms with van der Waals surface area (Å²) in [6.45, 7) is 1.71. The first-order valence-electron chi connectivity index (χ1n) is 7.14. The van der Waals surface area contributed by atoms with E-state index in [0.29, 0.717) is 15.8 Å². The van der Waals surface area contributed by atoms with Gasteiger partial charge in [0.2, 0.25) is 5.89 Å². The zero-order valence-electron chi connectivity index (χ0n) is 12.8. The van der Waals surface area contributed by atoms with Crippen molar-refractivity contribution in [2.75, 3.05) is 0 Å². The van der Waals surface area contributed by atoms with Crippen LogP contribution < -0.4 is 4.74 Å². The van der Waals surface area contributed by atoms with Crippen molar-refractivity contribution in [3.05, 3.63) is 68.8 Å². The zero-order valence-corrected chi connectivity index (χ0v) is 14.4. The lowest BCUT2D eigenvalue weighted by Crippen LogP contribution is -2.04. The maximum Gasteiger partial charge on any atom is 0.269 e. The van der Waals surface area contributed by atoms with Gasteiger partial charge in [-0.05, 0) is 53.2 Å². The molecule has 1 aromatic heterocycles. The molecule has 128 valence electrons. The van der Waals surface area contributed by atoms with Gasteiger partial charge in [0, 0.05) is 17.7 Å².